The zero-order chi connectivity index (χ0) is 17.3. The number of benzene rings is 1. The molecule has 0 saturated carbocycles. The van der Waals surface area contributed by atoms with Gasteiger partial charge in [0.15, 0.2) is 0 Å². The van der Waals surface area contributed by atoms with E-state index in [1.807, 2.05) is 37.8 Å². The topological polar surface area (TPSA) is 59.2 Å². The van der Waals surface area contributed by atoms with E-state index in [0.29, 0.717) is 23.3 Å². The lowest BCUT2D eigenvalue weighted by molar-refractivity contribution is -0.140. The Morgan fingerprint density at radius 1 is 1.29 bits per heavy atom. The Balaban J connectivity index is 1.75. The maximum atomic E-state index is 12.5. The summed E-state index contributed by atoms with van der Waals surface area (Å²) in [6.07, 6.45) is 1.90. The van der Waals surface area contributed by atoms with Gasteiger partial charge in [0, 0.05) is 29.1 Å². The van der Waals surface area contributed by atoms with Gasteiger partial charge in [-0.15, -0.1) is 0 Å². The van der Waals surface area contributed by atoms with Crippen molar-refractivity contribution in [3.63, 3.8) is 0 Å². The number of amides is 1. The molecular formula is C18H22ClN3O2. The number of carbonyl (C=O) groups excluding carboxylic acids is 1. The summed E-state index contributed by atoms with van der Waals surface area (Å²) in [7, 11) is 0. The fourth-order valence-corrected chi connectivity index (χ4v) is 3.08. The number of nitrogens with zero attached hydrogens (tertiary/aromatic N) is 3. The van der Waals surface area contributed by atoms with Crippen LogP contribution in [0, 0.1) is 5.41 Å². The molecule has 0 unspecified atom stereocenters. The Bertz CT molecular complexity index is 719. The average molecular weight is 348 g/mol. The summed E-state index contributed by atoms with van der Waals surface area (Å²) in [5, 5.41) is 4.75. The van der Waals surface area contributed by atoms with Crippen molar-refractivity contribution in [3.05, 3.63) is 35.2 Å². The minimum atomic E-state index is -0.370. The van der Waals surface area contributed by atoms with Crippen LogP contribution in [-0.4, -0.2) is 34.0 Å². The third kappa shape index (κ3) is 3.61. The second-order valence-corrected chi connectivity index (χ2v) is 7.74. The Labute approximate surface area is 147 Å². The van der Waals surface area contributed by atoms with Crippen molar-refractivity contribution in [2.45, 2.75) is 39.5 Å². The van der Waals surface area contributed by atoms with Crippen molar-refractivity contribution in [3.8, 4) is 11.4 Å². The standard InChI is InChI=1S/C18H22ClN3O2/c1-18(2,3)17(23)22-10-4-5-13(11-22)16-20-15(21-24-16)12-6-8-14(19)9-7-12/h6-9,13H,4-5,10-11H2,1-3H3/t13-/m0/s1. The molecule has 1 aromatic carbocycles. The smallest absolute Gasteiger partial charge is 0.231 e. The first-order valence-corrected chi connectivity index (χ1v) is 8.61. The van der Waals surface area contributed by atoms with E-state index >= 15 is 0 Å². The molecule has 0 bridgehead atoms. The molecule has 1 fully saturated rings. The van der Waals surface area contributed by atoms with E-state index in [1.165, 1.54) is 0 Å². The summed E-state index contributed by atoms with van der Waals surface area (Å²) < 4.78 is 5.47. The van der Waals surface area contributed by atoms with Gasteiger partial charge in [0.25, 0.3) is 0 Å². The monoisotopic (exact) mass is 347 g/mol. The molecule has 1 aromatic heterocycles. The van der Waals surface area contributed by atoms with Gasteiger partial charge < -0.3 is 9.42 Å². The van der Waals surface area contributed by atoms with Crippen molar-refractivity contribution >= 4 is 17.5 Å². The van der Waals surface area contributed by atoms with E-state index < -0.39 is 0 Å². The Hall–Kier alpha value is -1.88. The van der Waals surface area contributed by atoms with Crippen LogP contribution in [0.15, 0.2) is 28.8 Å². The average Bonchev–Trinajstić information content (AvgIpc) is 3.04. The number of rotatable bonds is 2. The number of likely N-dealkylation sites (tertiary alicyclic amines) is 1. The van der Waals surface area contributed by atoms with E-state index in [2.05, 4.69) is 10.1 Å². The van der Waals surface area contributed by atoms with Gasteiger partial charge in [-0.2, -0.15) is 4.98 Å². The highest BCUT2D eigenvalue weighted by Crippen LogP contribution is 2.30. The van der Waals surface area contributed by atoms with Gasteiger partial charge in [0.2, 0.25) is 17.6 Å². The van der Waals surface area contributed by atoms with Crippen molar-refractivity contribution in [1.29, 1.82) is 0 Å². The molecule has 1 atom stereocenters. The number of piperidine rings is 1. The summed E-state index contributed by atoms with van der Waals surface area (Å²) in [5.74, 6) is 1.43. The molecular weight excluding hydrogens is 326 g/mol. The van der Waals surface area contributed by atoms with Gasteiger partial charge in [-0.05, 0) is 37.1 Å². The first-order valence-electron chi connectivity index (χ1n) is 8.23. The lowest BCUT2D eigenvalue weighted by Crippen LogP contribution is -2.44. The highest BCUT2D eigenvalue weighted by Gasteiger charge is 2.33. The number of aromatic nitrogens is 2. The van der Waals surface area contributed by atoms with Crippen LogP contribution in [0.25, 0.3) is 11.4 Å². The molecule has 0 aliphatic carbocycles. The van der Waals surface area contributed by atoms with Crippen LogP contribution in [0.2, 0.25) is 5.02 Å². The maximum absolute atomic E-state index is 12.5. The van der Waals surface area contributed by atoms with Crippen molar-refractivity contribution in [2.24, 2.45) is 5.41 Å². The molecule has 1 saturated heterocycles. The van der Waals surface area contributed by atoms with Gasteiger partial charge in [-0.1, -0.05) is 37.5 Å². The molecule has 1 aliphatic heterocycles. The summed E-state index contributed by atoms with van der Waals surface area (Å²) in [6, 6.07) is 7.34. The van der Waals surface area contributed by atoms with Gasteiger partial charge in [-0.25, -0.2) is 0 Å². The molecule has 2 aromatic rings. The minimum absolute atomic E-state index is 0.0959. The highest BCUT2D eigenvalue weighted by atomic mass is 35.5. The molecule has 1 amide bonds. The highest BCUT2D eigenvalue weighted by molar-refractivity contribution is 6.30. The Morgan fingerprint density at radius 3 is 2.67 bits per heavy atom. The van der Waals surface area contributed by atoms with Crippen LogP contribution in [0.3, 0.4) is 0 Å². The molecule has 0 spiro atoms. The number of hydrogen-bond donors (Lipinski definition) is 0. The van der Waals surface area contributed by atoms with Crippen LogP contribution in [0.1, 0.15) is 45.4 Å². The number of halogens is 1. The fraction of sp³-hybridized carbons (Fsp3) is 0.500. The zero-order valence-electron chi connectivity index (χ0n) is 14.3. The zero-order valence-corrected chi connectivity index (χ0v) is 15.0. The number of carbonyl (C=O) groups is 1. The van der Waals surface area contributed by atoms with Crippen molar-refractivity contribution in [2.75, 3.05) is 13.1 Å². The molecule has 5 nitrogen and oxygen atoms in total. The molecule has 1 aliphatic rings. The van der Waals surface area contributed by atoms with Gasteiger partial charge in [0.05, 0.1) is 5.92 Å². The lowest BCUT2D eigenvalue weighted by Gasteiger charge is -2.35. The second-order valence-electron chi connectivity index (χ2n) is 7.30. The molecule has 128 valence electrons. The summed E-state index contributed by atoms with van der Waals surface area (Å²) >= 11 is 5.91. The molecule has 0 radical (unpaired) electrons. The second kappa shape index (κ2) is 6.55. The van der Waals surface area contributed by atoms with Crippen LogP contribution >= 0.6 is 11.6 Å². The summed E-state index contributed by atoms with van der Waals surface area (Å²) in [5.41, 5.74) is 0.499. The predicted octanol–water partition coefficient (Wildman–Crippen LogP) is 4.14. The molecule has 2 heterocycles. The molecule has 6 heteroatoms. The molecule has 3 rings (SSSR count). The van der Waals surface area contributed by atoms with Gasteiger partial charge >= 0.3 is 0 Å². The minimum Gasteiger partial charge on any atom is -0.341 e. The fourth-order valence-electron chi connectivity index (χ4n) is 2.95. The normalized spacial score (nSPS) is 18.7. The summed E-state index contributed by atoms with van der Waals surface area (Å²) in [6.45, 7) is 7.28. The van der Waals surface area contributed by atoms with E-state index in [-0.39, 0.29) is 17.2 Å². The van der Waals surface area contributed by atoms with Crippen LogP contribution < -0.4 is 0 Å². The van der Waals surface area contributed by atoms with Crippen molar-refractivity contribution in [1.82, 2.24) is 15.0 Å². The van der Waals surface area contributed by atoms with Crippen molar-refractivity contribution < 1.29 is 9.32 Å². The van der Waals surface area contributed by atoms with Gasteiger partial charge in [-0.3, -0.25) is 4.79 Å². The number of hydrogen-bond acceptors (Lipinski definition) is 4. The third-order valence-electron chi connectivity index (χ3n) is 4.24. The first-order chi connectivity index (χ1) is 11.3. The lowest BCUT2D eigenvalue weighted by atomic mass is 9.91. The molecule has 24 heavy (non-hydrogen) atoms. The van der Waals surface area contributed by atoms with Crippen LogP contribution in [0.4, 0.5) is 0 Å². The van der Waals surface area contributed by atoms with E-state index in [9.17, 15) is 4.79 Å². The van der Waals surface area contributed by atoms with Gasteiger partial charge in [0.1, 0.15) is 0 Å². The summed E-state index contributed by atoms with van der Waals surface area (Å²) in [4.78, 5) is 18.9. The van der Waals surface area contributed by atoms with E-state index in [4.69, 9.17) is 16.1 Å². The van der Waals surface area contributed by atoms with Crippen LogP contribution in [-0.2, 0) is 4.79 Å². The Morgan fingerprint density at radius 2 is 2.00 bits per heavy atom. The van der Waals surface area contributed by atoms with E-state index in [0.717, 1.165) is 24.9 Å². The van der Waals surface area contributed by atoms with Crippen LogP contribution in [0.5, 0.6) is 0 Å². The first kappa shape index (κ1) is 17.0. The molecule has 0 N–H and O–H groups in total. The largest absolute Gasteiger partial charge is 0.341 e. The Kier molecular flexibility index (Phi) is 4.63. The van der Waals surface area contributed by atoms with E-state index in [1.54, 1.807) is 12.1 Å². The maximum Gasteiger partial charge on any atom is 0.231 e. The quantitative estimate of drug-likeness (QED) is 0.819. The third-order valence-corrected chi connectivity index (χ3v) is 4.50. The predicted molar refractivity (Wildman–Crippen MR) is 92.8 cm³/mol. The SMILES string of the molecule is CC(C)(C)C(=O)N1CCC[C@H](c2nc(-c3ccc(Cl)cc3)no2)C1.